The van der Waals surface area contributed by atoms with Gasteiger partial charge in [0.15, 0.2) is 0 Å². The number of phosphoric acid groups is 1. The van der Waals surface area contributed by atoms with Crippen LogP contribution < -0.4 is 10.2 Å². The molecule has 0 radical (unpaired) electrons. The Balaban J connectivity index is 1.62. The van der Waals surface area contributed by atoms with Crippen molar-refractivity contribution in [3.8, 4) is 0 Å². The molecule has 2 amide bonds. The van der Waals surface area contributed by atoms with Crippen molar-refractivity contribution in [2.45, 2.75) is 63.6 Å². The SMILES string of the molecule is COCC1(OP(=O)(O)O)CCCC(CCc2c(F)cc(N3CC(CNC(C)=O)OC3=O)cc2F)CC1. The summed E-state index contributed by atoms with van der Waals surface area (Å²) in [5.41, 5.74) is -1.14. The second kappa shape index (κ2) is 12.0. The summed E-state index contributed by atoms with van der Waals surface area (Å²) in [4.78, 5) is 43.0. The van der Waals surface area contributed by atoms with E-state index in [9.17, 15) is 32.7 Å². The Morgan fingerprint density at radius 3 is 2.58 bits per heavy atom. The monoisotopic (exact) mass is 534 g/mol. The summed E-state index contributed by atoms with van der Waals surface area (Å²) in [6.07, 6.45) is 1.95. The molecule has 0 bridgehead atoms. The van der Waals surface area contributed by atoms with Gasteiger partial charge in [-0.2, -0.15) is 0 Å². The fourth-order valence-electron chi connectivity index (χ4n) is 4.94. The predicted octanol–water partition coefficient (Wildman–Crippen LogP) is 3.43. The standard InChI is InChI=1S/C23H33F2N2O8P/c1-15(28)26-12-18-13-27(22(29)34-18)17-10-20(24)19(21(25)11-17)6-5-16-4-3-8-23(9-7-16,14-33-2)35-36(30,31)32/h10-11,16,18H,3-9,12-14H2,1-2H3,(H,26,28)(H2,30,31,32). The van der Waals surface area contributed by atoms with E-state index in [1.807, 2.05) is 0 Å². The van der Waals surface area contributed by atoms with Crippen molar-refractivity contribution < 1.29 is 46.7 Å². The van der Waals surface area contributed by atoms with Gasteiger partial charge in [0.25, 0.3) is 0 Å². The molecule has 3 N–H and O–H groups in total. The molecular weight excluding hydrogens is 501 g/mol. The molecule has 1 heterocycles. The van der Waals surface area contributed by atoms with Crippen molar-refractivity contribution in [2.24, 2.45) is 5.92 Å². The quantitative estimate of drug-likeness (QED) is 0.307. The number of amides is 2. The molecule has 2 fully saturated rings. The lowest BCUT2D eigenvalue weighted by atomic mass is 9.91. The first-order chi connectivity index (χ1) is 16.9. The van der Waals surface area contributed by atoms with Gasteiger partial charge in [0.1, 0.15) is 23.3 Å². The topological polar surface area (TPSA) is 135 Å². The van der Waals surface area contributed by atoms with Crippen molar-refractivity contribution in [2.75, 3.05) is 31.7 Å². The molecule has 1 saturated heterocycles. The van der Waals surface area contributed by atoms with Crippen molar-refractivity contribution in [1.29, 1.82) is 0 Å². The molecule has 2 aliphatic rings. The number of rotatable bonds is 10. The Bertz CT molecular complexity index is 983. The van der Waals surface area contributed by atoms with Crippen molar-refractivity contribution in [1.82, 2.24) is 5.32 Å². The minimum atomic E-state index is -4.71. The minimum absolute atomic E-state index is 0.0393. The highest BCUT2D eigenvalue weighted by molar-refractivity contribution is 7.46. The first-order valence-electron chi connectivity index (χ1n) is 11.9. The Labute approximate surface area is 208 Å². The van der Waals surface area contributed by atoms with E-state index < -0.39 is 37.3 Å². The van der Waals surface area contributed by atoms with E-state index in [-0.39, 0.29) is 49.2 Å². The van der Waals surface area contributed by atoms with Crippen LogP contribution in [0.25, 0.3) is 0 Å². The predicted molar refractivity (Wildman–Crippen MR) is 125 cm³/mol. The zero-order valence-electron chi connectivity index (χ0n) is 20.4. The van der Waals surface area contributed by atoms with E-state index in [1.165, 1.54) is 14.0 Å². The second-order valence-electron chi connectivity index (χ2n) is 9.47. The molecule has 0 aromatic heterocycles. The van der Waals surface area contributed by atoms with Crippen LogP contribution in [0.1, 0.15) is 51.0 Å². The highest BCUT2D eigenvalue weighted by atomic mass is 31.2. The van der Waals surface area contributed by atoms with Crippen LogP contribution in [0.15, 0.2) is 12.1 Å². The lowest BCUT2D eigenvalue weighted by Crippen LogP contribution is -2.36. The molecule has 202 valence electrons. The fraction of sp³-hybridized carbons (Fsp3) is 0.652. The van der Waals surface area contributed by atoms with Gasteiger partial charge in [-0.05, 0) is 50.2 Å². The zero-order chi connectivity index (χ0) is 26.5. The van der Waals surface area contributed by atoms with Gasteiger partial charge in [0, 0.05) is 19.6 Å². The number of hydrogen-bond acceptors (Lipinski definition) is 6. The van der Waals surface area contributed by atoms with Gasteiger partial charge in [-0.1, -0.05) is 12.8 Å². The van der Waals surface area contributed by atoms with Gasteiger partial charge in [0.05, 0.1) is 25.4 Å². The molecule has 3 unspecified atom stereocenters. The molecule has 36 heavy (non-hydrogen) atoms. The molecule has 0 spiro atoms. The number of phosphoric ester groups is 1. The molecule has 3 rings (SSSR count). The largest absolute Gasteiger partial charge is 0.470 e. The van der Waals surface area contributed by atoms with Crippen LogP contribution in [-0.2, 0) is 29.8 Å². The average Bonchev–Trinajstić information content (AvgIpc) is 3.03. The van der Waals surface area contributed by atoms with Gasteiger partial charge >= 0.3 is 13.9 Å². The number of nitrogens with zero attached hydrogens (tertiary/aromatic N) is 1. The third-order valence-corrected chi connectivity index (χ3v) is 7.29. The Morgan fingerprint density at radius 1 is 1.28 bits per heavy atom. The Hall–Kier alpha value is -2.11. The van der Waals surface area contributed by atoms with Crippen molar-refractivity contribution >= 4 is 25.5 Å². The summed E-state index contributed by atoms with van der Waals surface area (Å²) in [5, 5.41) is 2.54. The molecule has 1 aliphatic heterocycles. The Kier molecular flexibility index (Phi) is 9.45. The van der Waals surface area contributed by atoms with E-state index in [0.717, 1.165) is 23.5 Å². The van der Waals surface area contributed by atoms with Crippen LogP contribution in [0.4, 0.5) is 19.3 Å². The number of ether oxygens (including phenoxy) is 2. The van der Waals surface area contributed by atoms with E-state index >= 15 is 0 Å². The molecule has 1 saturated carbocycles. The number of cyclic esters (lactones) is 1. The van der Waals surface area contributed by atoms with E-state index in [1.54, 1.807) is 0 Å². The number of halogens is 2. The van der Waals surface area contributed by atoms with Crippen molar-refractivity contribution in [3.63, 3.8) is 0 Å². The van der Waals surface area contributed by atoms with Crippen LogP contribution in [0.5, 0.6) is 0 Å². The minimum Gasteiger partial charge on any atom is -0.442 e. The Morgan fingerprint density at radius 2 is 1.97 bits per heavy atom. The summed E-state index contributed by atoms with van der Waals surface area (Å²) >= 11 is 0. The van der Waals surface area contributed by atoms with Gasteiger partial charge in [-0.3, -0.25) is 14.2 Å². The summed E-state index contributed by atoms with van der Waals surface area (Å²) in [5.74, 6) is -1.73. The van der Waals surface area contributed by atoms with Crippen LogP contribution in [0, 0.1) is 17.6 Å². The third kappa shape index (κ3) is 7.69. The van der Waals surface area contributed by atoms with E-state index in [4.69, 9.17) is 14.0 Å². The maximum atomic E-state index is 14.9. The number of benzene rings is 1. The van der Waals surface area contributed by atoms with E-state index in [2.05, 4.69) is 5.32 Å². The maximum Gasteiger partial charge on any atom is 0.470 e. The zero-order valence-corrected chi connectivity index (χ0v) is 21.3. The molecular formula is C23H33F2N2O8P. The van der Waals surface area contributed by atoms with Crippen LogP contribution in [0.2, 0.25) is 0 Å². The van der Waals surface area contributed by atoms with Crippen LogP contribution in [-0.4, -0.2) is 60.3 Å². The van der Waals surface area contributed by atoms with E-state index in [0.29, 0.717) is 32.1 Å². The molecule has 3 atom stereocenters. The smallest absolute Gasteiger partial charge is 0.442 e. The van der Waals surface area contributed by atoms with Crippen LogP contribution in [0.3, 0.4) is 0 Å². The molecule has 13 heteroatoms. The van der Waals surface area contributed by atoms with Gasteiger partial charge in [-0.15, -0.1) is 0 Å². The van der Waals surface area contributed by atoms with Gasteiger partial charge in [0.2, 0.25) is 5.91 Å². The van der Waals surface area contributed by atoms with Crippen LogP contribution >= 0.6 is 7.82 Å². The normalized spacial score (nSPS) is 24.9. The highest BCUT2D eigenvalue weighted by Gasteiger charge is 2.40. The number of nitrogens with one attached hydrogen (secondary N) is 1. The summed E-state index contributed by atoms with van der Waals surface area (Å²) < 4.78 is 56.6. The molecule has 1 aliphatic carbocycles. The van der Waals surface area contributed by atoms with Gasteiger partial charge in [-0.25, -0.2) is 18.1 Å². The highest BCUT2D eigenvalue weighted by Crippen LogP contribution is 2.47. The summed E-state index contributed by atoms with van der Waals surface area (Å²) in [7, 11) is -3.27. The molecule has 10 nitrogen and oxygen atoms in total. The second-order valence-corrected chi connectivity index (χ2v) is 10.6. The fourth-order valence-corrected chi connectivity index (χ4v) is 5.68. The maximum absolute atomic E-state index is 14.9. The molecule has 1 aromatic carbocycles. The average molecular weight is 534 g/mol. The lowest BCUT2D eigenvalue weighted by Gasteiger charge is -2.32. The summed E-state index contributed by atoms with van der Waals surface area (Å²) in [6.45, 7) is 1.53. The summed E-state index contributed by atoms with van der Waals surface area (Å²) in [6, 6.07) is 2.20. The number of methoxy groups -OCH3 is 1. The van der Waals surface area contributed by atoms with Crippen molar-refractivity contribution in [3.05, 3.63) is 29.3 Å². The first kappa shape index (κ1) is 28.5. The number of carbonyl (C=O) groups is 2. The number of carbonyl (C=O) groups excluding carboxylic acids is 2. The van der Waals surface area contributed by atoms with Gasteiger partial charge < -0.3 is 24.6 Å². The number of hydrogen-bond donors (Lipinski definition) is 3. The lowest BCUT2D eigenvalue weighted by molar-refractivity contribution is -0.119. The molecule has 1 aromatic rings. The third-order valence-electron chi connectivity index (χ3n) is 6.67. The number of anilines is 1. The first-order valence-corrected chi connectivity index (χ1v) is 13.4.